The van der Waals surface area contributed by atoms with Crippen LogP contribution in [0.4, 0.5) is 0 Å². The Morgan fingerprint density at radius 3 is 2.86 bits per heavy atom. The Hall–Kier alpha value is -0.620. The quantitative estimate of drug-likeness (QED) is 0.799. The summed E-state index contributed by atoms with van der Waals surface area (Å²) in [7, 11) is -3.42. The Balaban J connectivity index is 1.90. The van der Waals surface area contributed by atoms with E-state index in [2.05, 4.69) is 4.90 Å². The van der Waals surface area contributed by atoms with Gasteiger partial charge in [-0.2, -0.15) is 4.31 Å². The molecule has 0 aromatic heterocycles. The van der Waals surface area contributed by atoms with Gasteiger partial charge in [-0.05, 0) is 43.5 Å². The Kier molecular flexibility index (Phi) is 4.28. The lowest BCUT2D eigenvalue weighted by molar-refractivity contribution is 0.158. The van der Waals surface area contributed by atoms with Crippen molar-refractivity contribution in [2.75, 3.05) is 26.2 Å². The van der Waals surface area contributed by atoms with E-state index in [1.54, 1.807) is 10.4 Å². The minimum atomic E-state index is -3.42. The molecular formula is C15H21ClN2O2S. The molecule has 0 N–H and O–H groups in total. The molecule has 2 aliphatic rings. The van der Waals surface area contributed by atoms with Crippen LogP contribution in [0.1, 0.15) is 24.0 Å². The number of aryl methyl sites for hydroxylation is 1. The number of sulfonamides is 1. The summed E-state index contributed by atoms with van der Waals surface area (Å²) in [5.41, 5.74) is 1.64. The van der Waals surface area contributed by atoms with E-state index in [-0.39, 0.29) is 0 Å². The molecule has 1 unspecified atom stereocenters. The highest BCUT2D eigenvalue weighted by Gasteiger charge is 2.36. The molecule has 2 aliphatic heterocycles. The fourth-order valence-corrected chi connectivity index (χ4v) is 5.24. The average Bonchev–Trinajstić information content (AvgIpc) is 2.95. The molecule has 0 saturated carbocycles. The van der Waals surface area contributed by atoms with Crippen LogP contribution in [-0.2, 0) is 15.9 Å². The molecule has 4 nitrogen and oxygen atoms in total. The van der Waals surface area contributed by atoms with E-state index >= 15 is 0 Å². The molecule has 2 fully saturated rings. The molecular weight excluding hydrogens is 308 g/mol. The van der Waals surface area contributed by atoms with Gasteiger partial charge in [0.25, 0.3) is 0 Å². The number of nitrogens with zero attached hydrogens (tertiary/aromatic N) is 2. The van der Waals surface area contributed by atoms with E-state index in [4.69, 9.17) is 11.6 Å². The van der Waals surface area contributed by atoms with Gasteiger partial charge in [-0.1, -0.05) is 12.1 Å². The highest BCUT2D eigenvalue weighted by Crippen LogP contribution is 2.27. The maximum Gasteiger partial charge on any atom is 0.243 e. The largest absolute Gasteiger partial charge is 0.298 e. The number of halogens is 1. The molecule has 3 rings (SSSR count). The molecule has 1 atom stereocenters. The van der Waals surface area contributed by atoms with Gasteiger partial charge in [0.05, 0.1) is 4.90 Å². The molecule has 0 aliphatic carbocycles. The number of hydrogen-bond acceptors (Lipinski definition) is 3. The van der Waals surface area contributed by atoms with E-state index in [0.29, 0.717) is 29.9 Å². The zero-order chi connectivity index (χ0) is 15.0. The molecule has 116 valence electrons. The number of hydrogen-bond donors (Lipinski definition) is 0. The van der Waals surface area contributed by atoms with Crippen LogP contribution in [0.5, 0.6) is 0 Å². The van der Waals surface area contributed by atoms with Gasteiger partial charge in [-0.3, -0.25) is 4.90 Å². The third kappa shape index (κ3) is 2.84. The zero-order valence-electron chi connectivity index (χ0n) is 12.3. The minimum absolute atomic E-state index is 0.333. The molecule has 0 bridgehead atoms. The van der Waals surface area contributed by atoms with Gasteiger partial charge < -0.3 is 0 Å². The summed E-state index contributed by atoms with van der Waals surface area (Å²) in [5.74, 6) is 0.333. The molecule has 1 aromatic carbocycles. The van der Waals surface area contributed by atoms with Crippen molar-refractivity contribution in [1.29, 1.82) is 0 Å². The lowest BCUT2D eigenvalue weighted by Crippen LogP contribution is -2.51. The molecule has 6 heteroatoms. The minimum Gasteiger partial charge on any atom is -0.298 e. The second kappa shape index (κ2) is 5.88. The molecule has 2 heterocycles. The van der Waals surface area contributed by atoms with Crippen molar-refractivity contribution in [2.24, 2.45) is 0 Å². The van der Waals surface area contributed by atoms with Crippen LogP contribution in [0.3, 0.4) is 0 Å². The SMILES string of the molecule is Cc1ccc(CCl)cc1S(=O)(=O)N1CCN2CCCC2C1. The first-order chi connectivity index (χ1) is 10.0. The Labute approximate surface area is 131 Å². The van der Waals surface area contributed by atoms with E-state index < -0.39 is 10.0 Å². The van der Waals surface area contributed by atoms with Gasteiger partial charge in [0.1, 0.15) is 0 Å². The maximum atomic E-state index is 12.9. The van der Waals surface area contributed by atoms with Gasteiger partial charge in [-0.15, -0.1) is 11.6 Å². The number of fused-ring (bicyclic) bond motifs is 1. The first-order valence-electron chi connectivity index (χ1n) is 7.42. The second-order valence-corrected chi connectivity index (χ2v) is 8.10. The molecule has 2 saturated heterocycles. The van der Waals surface area contributed by atoms with Crippen molar-refractivity contribution in [3.63, 3.8) is 0 Å². The summed E-state index contributed by atoms with van der Waals surface area (Å²) in [6.45, 7) is 5.00. The summed E-state index contributed by atoms with van der Waals surface area (Å²) >= 11 is 5.85. The summed E-state index contributed by atoms with van der Waals surface area (Å²) < 4.78 is 27.5. The highest BCUT2D eigenvalue weighted by molar-refractivity contribution is 7.89. The first kappa shape index (κ1) is 15.3. The predicted octanol–water partition coefficient (Wildman–Crippen LogP) is 2.20. The van der Waals surface area contributed by atoms with Crippen LogP contribution >= 0.6 is 11.6 Å². The third-order valence-electron chi connectivity index (χ3n) is 4.57. The van der Waals surface area contributed by atoms with Crippen LogP contribution in [0.15, 0.2) is 23.1 Å². The molecule has 0 spiro atoms. The maximum absolute atomic E-state index is 12.9. The van der Waals surface area contributed by atoms with E-state index in [1.165, 1.54) is 6.42 Å². The van der Waals surface area contributed by atoms with E-state index in [9.17, 15) is 8.42 Å². The van der Waals surface area contributed by atoms with Crippen molar-refractivity contribution < 1.29 is 8.42 Å². The van der Waals surface area contributed by atoms with Crippen LogP contribution in [0.2, 0.25) is 0 Å². The van der Waals surface area contributed by atoms with E-state index in [1.807, 2.05) is 19.1 Å². The molecule has 21 heavy (non-hydrogen) atoms. The van der Waals surface area contributed by atoms with Crippen molar-refractivity contribution in [2.45, 2.75) is 36.6 Å². The van der Waals surface area contributed by atoms with Crippen LogP contribution in [0, 0.1) is 6.92 Å². The average molecular weight is 329 g/mol. The van der Waals surface area contributed by atoms with Gasteiger partial charge in [0.15, 0.2) is 0 Å². The van der Waals surface area contributed by atoms with Crippen LogP contribution in [0.25, 0.3) is 0 Å². The monoisotopic (exact) mass is 328 g/mol. The Bertz CT molecular complexity index is 633. The van der Waals surface area contributed by atoms with Crippen molar-refractivity contribution in [1.82, 2.24) is 9.21 Å². The summed E-state index contributed by atoms with van der Waals surface area (Å²) in [5, 5.41) is 0. The highest BCUT2D eigenvalue weighted by atomic mass is 35.5. The predicted molar refractivity (Wildman–Crippen MR) is 84.1 cm³/mol. The van der Waals surface area contributed by atoms with Crippen LogP contribution < -0.4 is 0 Å². The standard InChI is InChI=1S/C15H21ClN2O2S/c1-12-4-5-13(10-16)9-15(12)21(19,20)18-8-7-17-6-2-3-14(17)11-18/h4-5,9,14H,2-3,6-8,10-11H2,1H3. The fraction of sp³-hybridized carbons (Fsp3) is 0.600. The lowest BCUT2D eigenvalue weighted by Gasteiger charge is -2.36. The number of benzene rings is 1. The second-order valence-electron chi connectivity index (χ2n) is 5.93. The molecule has 0 amide bonds. The summed E-state index contributed by atoms with van der Waals surface area (Å²) in [4.78, 5) is 2.82. The fourth-order valence-electron chi connectivity index (χ4n) is 3.33. The molecule has 0 radical (unpaired) electrons. The van der Waals surface area contributed by atoms with Gasteiger partial charge in [0, 0.05) is 31.6 Å². The number of piperazine rings is 1. The van der Waals surface area contributed by atoms with Gasteiger partial charge in [0.2, 0.25) is 10.0 Å². The normalized spacial score (nSPS) is 24.2. The van der Waals surface area contributed by atoms with Gasteiger partial charge in [-0.25, -0.2) is 8.42 Å². The topological polar surface area (TPSA) is 40.6 Å². The van der Waals surface area contributed by atoms with Crippen LogP contribution in [-0.4, -0.2) is 49.8 Å². The number of alkyl halides is 1. The lowest BCUT2D eigenvalue weighted by atomic mass is 10.2. The third-order valence-corrected chi connectivity index (χ3v) is 6.89. The summed E-state index contributed by atoms with van der Waals surface area (Å²) in [6, 6.07) is 5.84. The van der Waals surface area contributed by atoms with Crippen molar-refractivity contribution in [3.05, 3.63) is 29.3 Å². The Morgan fingerprint density at radius 1 is 1.29 bits per heavy atom. The molecule has 1 aromatic rings. The first-order valence-corrected chi connectivity index (χ1v) is 9.39. The van der Waals surface area contributed by atoms with E-state index in [0.717, 1.165) is 30.6 Å². The van der Waals surface area contributed by atoms with Crippen molar-refractivity contribution >= 4 is 21.6 Å². The Morgan fingerprint density at radius 2 is 2.10 bits per heavy atom. The van der Waals surface area contributed by atoms with Gasteiger partial charge >= 0.3 is 0 Å². The zero-order valence-corrected chi connectivity index (χ0v) is 13.8. The van der Waals surface area contributed by atoms with Crippen molar-refractivity contribution in [3.8, 4) is 0 Å². The summed E-state index contributed by atoms with van der Waals surface area (Å²) in [6.07, 6.45) is 2.28. The number of rotatable bonds is 3. The smallest absolute Gasteiger partial charge is 0.243 e.